The molecule has 2 aromatic rings. The molecule has 1 unspecified atom stereocenters. The standard InChI is InChI=1S/C29H39Cl2N3O4S/c1-3-26(29(36)32-24-13-8-5-9-14-24)33(20-18-22-11-6-4-7-12-22)28(35)15-10-19-34(39(2,37)38)27-21-23(30)16-17-25(27)31/h4,6-7,11-12,16-17,21,24,26H,3,5,8-10,13-15,18-20H2,1-2H3,(H,32,36). The van der Waals surface area contributed by atoms with Crippen molar-refractivity contribution in [1.29, 1.82) is 0 Å². The Morgan fingerprint density at radius 1 is 1.03 bits per heavy atom. The number of benzene rings is 2. The summed E-state index contributed by atoms with van der Waals surface area (Å²) in [5.41, 5.74) is 1.36. The fourth-order valence-corrected chi connectivity index (χ4v) is 6.50. The summed E-state index contributed by atoms with van der Waals surface area (Å²) in [6.45, 7) is 2.37. The number of halogens is 2. The molecule has 1 aliphatic rings. The zero-order chi connectivity index (χ0) is 28.4. The number of hydrogen-bond acceptors (Lipinski definition) is 4. The predicted octanol–water partition coefficient (Wildman–Crippen LogP) is 5.84. The maximum absolute atomic E-state index is 13.6. The van der Waals surface area contributed by atoms with E-state index in [-0.39, 0.29) is 48.0 Å². The summed E-state index contributed by atoms with van der Waals surface area (Å²) < 4.78 is 26.3. The van der Waals surface area contributed by atoms with E-state index in [1.54, 1.807) is 17.0 Å². The van der Waals surface area contributed by atoms with Crippen molar-refractivity contribution in [1.82, 2.24) is 10.2 Å². The van der Waals surface area contributed by atoms with E-state index in [2.05, 4.69) is 5.32 Å². The lowest BCUT2D eigenvalue weighted by Gasteiger charge is -2.33. The van der Waals surface area contributed by atoms with Crippen molar-refractivity contribution in [2.75, 3.05) is 23.7 Å². The molecule has 3 rings (SSSR count). The maximum Gasteiger partial charge on any atom is 0.243 e. The van der Waals surface area contributed by atoms with Gasteiger partial charge in [0.25, 0.3) is 0 Å². The van der Waals surface area contributed by atoms with Crippen LogP contribution in [0.4, 0.5) is 5.69 Å². The quantitative estimate of drug-likeness (QED) is 0.315. The normalized spacial score (nSPS) is 15.0. The third kappa shape index (κ3) is 9.40. The molecule has 0 spiro atoms. The van der Waals surface area contributed by atoms with Crippen LogP contribution in [-0.4, -0.2) is 56.6 Å². The molecule has 1 aliphatic carbocycles. The molecule has 0 heterocycles. The molecule has 1 saturated carbocycles. The summed E-state index contributed by atoms with van der Waals surface area (Å²) in [6, 6.07) is 14.1. The second kappa shape index (κ2) is 14.9. The van der Waals surface area contributed by atoms with Crippen LogP contribution in [0.2, 0.25) is 10.0 Å². The number of rotatable bonds is 13. The first-order valence-corrected chi connectivity index (χ1v) is 16.3. The molecule has 0 bridgehead atoms. The second-order valence-electron chi connectivity index (χ2n) is 10.1. The number of nitrogens with zero attached hydrogens (tertiary/aromatic N) is 2. The van der Waals surface area contributed by atoms with E-state index in [9.17, 15) is 18.0 Å². The van der Waals surface area contributed by atoms with Crippen LogP contribution in [0.1, 0.15) is 63.9 Å². The molecular weight excluding hydrogens is 557 g/mol. The van der Waals surface area contributed by atoms with Gasteiger partial charge in [-0.2, -0.15) is 0 Å². The number of anilines is 1. The zero-order valence-corrected chi connectivity index (χ0v) is 25.1. The van der Waals surface area contributed by atoms with E-state index in [4.69, 9.17) is 23.2 Å². The van der Waals surface area contributed by atoms with E-state index < -0.39 is 16.1 Å². The molecule has 39 heavy (non-hydrogen) atoms. The molecule has 0 saturated heterocycles. The molecule has 2 aromatic carbocycles. The van der Waals surface area contributed by atoms with E-state index in [0.29, 0.717) is 24.4 Å². The fraction of sp³-hybridized carbons (Fsp3) is 0.517. The number of carbonyl (C=O) groups excluding carboxylic acids is 2. The van der Waals surface area contributed by atoms with Crippen molar-refractivity contribution in [2.45, 2.75) is 76.8 Å². The van der Waals surface area contributed by atoms with Crippen LogP contribution in [-0.2, 0) is 26.0 Å². The number of hydrogen-bond donors (Lipinski definition) is 1. The highest BCUT2D eigenvalue weighted by Crippen LogP contribution is 2.31. The van der Waals surface area contributed by atoms with Gasteiger partial charge in [0.1, 0.15) is 6.04 Å². The third-order valence-electron chi connectivity index (χ3n) is 7.15. The molecule has 0 radical (unpaired) electrons. The summed E-state index contributed by atoms with van der Waals surface area (Å²) in [5.74, 6) is -0.295. The molecule has 0 aromatic heterocycles. The first-order chi connectivity index (χ1) is 18.6. The van der Waals surface area contributed by atoms with Gasteiger partial charge in [0.2, 0.25) is 21.8 Å². The molecule has 2 amide bonds. The van der Waals surface area contributed by atoms with Crippen LogP contribution in [0.3, 0.4) is 0 Å². The summed E-state index contributed by atoms with van der Waals surface area (Å²) in [6.07, 6.45) is 7.89. The van der Waals surface area contributed by atoms with Gasteiger partial charge in [0.15, 0.2) is 0 Å². The lowest BCUT2D eigenvalue weighted by molar-refractivity contribution is -0.141. The molecule has 1 atom stereocenters. The summed E-state index contributed by atoms with van der Waals surface area (Å²) in [5, 5.41) is 3.80. The highest BCUT2D eigenvalue weighted by Gasteiger charge is 2.30. The Bertz CT molecular complexity index is 1200. The van der Waals surface area contributed by atoms with Crippen LogP contribution in [0.15, 0.2) is 48.5 Å². The summed E-state index contributed by atoms with van der Waals surface area (Å²) in [7, 11) is -3.67. The van der Waals surface area contributed by atoms with Gasteiger partial charge in [-0.3, -0.25) is 13.9 Å². The predicted molar refractivity (Wildman–Crippen MR) is 159 cm³/mol. The first-order valence-electron chi connectivity index (χ1n) is 13.7. The van der Waals surface area contributed by atoms with Crippen molar-refractivity contribution < 1.29 is 18.0 Å². The van der Waals surface area contributed by atoms with Gasteiger partial charge in [0, 0.05) is 30.6 Å². The van der Waals surface area contributed by atoms with Crippen molar-refractivity contribution >= 4 is 50.7 Å². The number of sulfonamides is 1. The van der Waals surface area contributed by atoms with E-state index in [1.165, 1.54) is 16.8 Å². The summed E-state index contributed by atoms with van der Waals surface area (Å²) in [4.78, 5) is 28.6. The van der Waals surface area contributed by atoms with Crippen molar-refractivity contribution in [2.24, 2.45) is 0 Å². The van der Waals surface area contributed by atoms with E-state index in [1.807, 2.05) is 37.3 Å². The molecule has 0 aliphatic heterocycles. The largest absolute Gasteiger partial charge is 0.352 e. The van der Waals surface area contributed by atoms with Crippen LogP contribution >= 0.6 is 23.2 Å². The molecule has 1 fully saturated rings. The minimum Gasteiger partial charge on any atom is -0.352 e. The van der Waals surface area contributed by atoms with Crippen LogP contribution in [0, 0.1) is 0 Å². The molecule has 10 heteroatoms. The van der Waals surface area contributed by atoms with Gasteiger partial charge in [-0.1, -0.05) is 79.7 Å². The first kappa shape index (κ1) is 31.2. The zero-order valence-electron chi connectivity index (χ0n) is 22.7. The minimum atomic E-state index is -3.67. The smallest absolute Gasteiger partial charge is 0.243 e. The molecule has 7 nitrogen and oxygen atoms in total. The monoisotopic (exact) mass is 595 g/mol. The average molecular weight is 597 g/mol. The Morgan fingerprint density at radius 2 is 1.72 bits per heavy atom. The Hall–Kier alpha value is -2.29. The highest BCUT2D eigenvalue weighted by atomic mass is 35.5. The molecule has 1 N–H and O–H groups in total. The lowest BCUT2D eigenvalue weighted by Crippen LogP contribution is -2.52. The van der Waals surface area contributed by atoms with Gasteiger partial charge in [-0.05, 0) is 55.9 Å². The number of carbonyl (C=O) groups is 2. The fourth-order valence-electron chi connectivity index (χ4n) is 5.10. The van der Waals surface area contributed by atoms with Gasteiger partial charge in [-0.25, -0.2) is 8.42 Å². The highest BCUT2D eigenvalue weighted by molar-refractivity contribution is 7.92. The summed E-state index contributed by atoms with van der Waals surface area (Å²) >= 11 is 12.4. The van der Waals surface area contributed by atoms with Gasteiger partial charge >= 0.3 is 0 Å². The van der Waals surface area contributed by atoms with E-state index >= 15 is 0 Å². The SMILES string of the molecule is CCC(C(=O)NC1CCCCC1)N(CCc1ccccc1)C(=O)CCCN(c1cc(Cl)ccc1Cl)S(C)(=O)=O. The Morgan fingerprint density at radius 3 is 2.36 bits per heavy atom. The van der Waals surface area contributed by atoms with Gasteiger partial charge < -0.3 is 10.2 Å². The topological polar surface area (TPSA) is 86.8 Å². The Kier molecular flexibility index (Phi) is 11.9. The Balaban J connectivity index is 1.73. The van der Waals surface area contributed by atoms with Crippen molar-refractivity contribution in [3.63, 3.8) is 0 Å². The minimum absolute atomic E-state index is 0.0578. The van der Waals surface area contributed by atoms with Crippen LogP contribution < -0.4 is 9.62 Å². The average Bonchev–Trinajstić information content (AvgIpc) is 2.91. The maximum atomic E-state index is 13.6. The molecule has 214 valence electrons. The number of nitrogens with one attached hydrogen (secondary N) is 1. The molecular formula is C29H39Cl2N3O4S. The van der Waals surface area contributed by atoms with Crippen LogP contribution in [0.5, 0.6) is 0 Å². The second-order valence-corrected chi connectivity index (χ2v) is 12.9. The van der Waals surface area contributed by atoms with Gasteiger partial charge in [0.05, 0.1) is 17.0 Å². The van der Waals surface area contributed by atoms with Gasteiger partial charge in [-0.15, -0.1) is 0 Å². The van der Waals surface area contributed by atoms with Crippen molar-refractivity contribution in [3.8, 4) is 0 Å². The number of amides is 2. The Labute approximate surface area is 242 Å². The third-order valence-corrected chi connectivity index (χ3v) is 8.89. The van der Waals surface area contributed by atoms with Crippen LogP contribution in [0.25, 0.3) is 0 Å². The van der Waals surface area contributed by atoms with Crippen molar-refractivity contribution in [3.05, 3.63) is 64.1 Å². The van der Waals surface area contributed by atoms with E-state index in [0.717, 1.165) is 37.5 Å². The lowest BCUT2D eigenvalue weighted by atomic mass is 9.95.